The normalized spacial score (nSPS) is 16.9. The number of nitrogens with zero attached hydrogens (tertiary/aromatic N) is 2. The largest absolute Gasteiger partial charge is 0.467 e. The highest BCUT2D eigenvalue weighted by molar-refractivity contribution is 5.98. The number of amides is 2. The van der Waals surface area contributed by atoms with Crippen molar-refractivity contribution in [1.82, 2.24) is 9.80 Å². The molecule has 0 bridgehead atoms. The van der Waals surface area contributed by atoms with E-state index in [2.05, 4.69) is 0 Å². The first kappa shape index (κ1) is 17.7. The summed E-state index contributed by atoms with van der Waals surface area (Å²) in [6.07, 6.45) is 0. The molecule has 0 spiro atoms. The second-order valence-electron chi connectivity index (χ2n) is 6.02. The minimum atomic E-state index is -0.825. The fraction of sp³-hybridized carbons (Fsp3) is 0.250. The van der Waals surface area contributed by atoms with Crippen LogP contribution in [0.2, 0.25) is 0 Å². The molecule has 0 unspecified atom stereocenters. The lowest BCUT2D eigenvalue weighted by molar-refractivity contribution is -0.147. The Labute approximate surface area is 152 Å². The van der Waals surface area contributed by atoms with Crippen LogP contribution in [0.3, 0.4) is 0 Å². The summed E-state index contributed by atoms with van der Waals surface area (Å²) in [5.41, 5.74) is 1.06. The van der Waals surface area contributed by atoms with Gasteiger partial charge in [-0.15, -0.1) is 0 Å². The molecule has 1 atom stereocenters. The Morgan fingerprint density at radius 3 is 1.92 bits per heavy atom. The Bertz CT molecular complexity index is 792. The number of esters is 1. The molecule has 2 amide bonds. The van der Waals surface area contributed by atoms with E-state index in [1.807, 2.05) is 12.1 Å². The summed E-state index contributed by atoms with van der Waals surface area (Å²) in [6, 6.07) is 16.8. The number of benzene rings is 2. The van der Waals surface area contributed by atoms with Crippen molar-refractivity contribution >= 4 is 17.8 Å². The van der Waals surface area contributed by atoms with Gasteiger partial charge >= 0.3 is 5.97 Å². The molecule has 6 heteroatoms. The SMILES string of the molecule is COC(=O)[C@@H]1CN(C(=O)c2ccccc2)CCN1C(=O)c1ccccc1. The lowest BCUT2D eigenvalue weighted by atomic mass is 10.1. The Morgan fingerprint density at radius 1 is 0.846 bits per heavy atom. The molecule has 1 aliphatic heterocycles. The Balaban J connectivity index is 1.81. The van der Waals surface area contributed by atoms with E-state index in [1.165, 1.54) is 12.0 Å². The minimum Gasteiger partial charge on any atom is -0.467 e. The molecule has 0 saturated carbocycles. The topological polar surface area (TPSA) is 66.9 Å². The number of ether oxygens (including phenoxy) is 1. The molecule has 0 aromatic heterocycles. The van der Waals surface area contributed by atoms with Gasteiger partial charge in [-0.2, -0.15) is 0 Å². The predicted molar refractivity (Wildman–Crippen MR) is 95.6 cm³/mol. The van der Waals surface area contributed by atoms with Crippen molar-refractivity contribution in [1.29, 1.82) is 0 Å². The molecule has 0 aliphatic carbocycles. The lowest BCUT2D eigenvalue weighted by Crippen LogP contribution is -2.59. The highest BCUT2D eigenvalue weighted by atomic mass is 16.5. The van der Waals surface area contributed by atoms with E-state index in [0.717, 1.165) is 0 Å². The zero-order valence-corrected chi connectivity index (χ0v) is 14.5. The zero-order valence-electron chi connectivity index (χ0n) is 14.5. The van der Waals surface area contributed by atoms with Crippen molar-refractivity contribution in [3.05, 3.63) is 71.8 Å². The first-order chi connectivity index (χ1) is 12.6. The predicted octanol–water partition coefficient (Wildman–Crippen LogP) is 1.83. The van der Waals surface area contributed by atoms with E-state index in [0.29, 0.717) is 17.7 Å². The fourth-order valence-electron chi connectivity index (χ4n) is 3.06. The zero-order chi connectivity index (χ0) is 18.5. The van der Waals surface area contributed by atoms with Gasteiger partial charge in [-0.25, -0.2) is 4.79 Å². The molecule has 2 aromatic rings. The molecule has 26 heavy (non-hydrogen) atoms. The van der Waals surface area contributed by atoms with Crippen molar-refractivity contribution in [3.8, 4) is 0 Å². The van der Waals surface area contributed by atoms with Gasteiger partial charge in [0.25, 0.3) is 11.8 Å². The third-order valence-corrected chi connectivity index (χ3v) is 4.44. The molecule has 134 valence electrons. The van der Waals surface area contributed by atoms with E-state index in [4.69, 9.17) is 4.74 Å². The summed E-state index contributed by atoms with van der Waals surface area (Å²) in [6.45, 7) is 0.741. The average Bonchev–Trinajstić information content (AvgIpc) is 2.73. The van der Waals surface area contributed by atoms with Gasteiger partial charge in [0.1, 0.15) is 6.04 Å². The maximum absolute atomic E-state index is 12.8. The van der Waals surface area contributed by atoms with Crippen molar-refractivity contribution in [2.75, 3.05) is 26.7 Å². The first-order valence-electron chi connectivity index (χ1n) is 8.40. The summed E-state index contributed by atoms with van der Waals surface area (Å²) in [7, 11) is 1.28. The standard InChI is InChI=1S/C20H20N2O4/c1-26-20(25)17-14-21(18(23)15-8-4-2-5-9-15)12-13-22(17)19(24)16-10-6-3-7-11-16/h2-11,17H,12-14H2,1H3/t17-/m0/s1. The van der Waals surface area contributed by atoms with Crippen LogP contribution in [0.4, 0.5) is 0 Å². The maximum atomic E-state index is 12.8. The van der Waals surface area contributed by atoms with E-state index in [-0.39, 0.29) is 24.9 Å². The molecule has 1 aliphatic rings. The van der Waals surface area contributed by atoms with Gasteiger partial charge in [0.15, 0.2) is 0 Å². The second kappa shape index (κ2) is 7.82. The van der Waals surface area contributed by atoms with Gasteiger partial charge in [-0.3, -0.25) is 9.59 Å². The minimum absolute atomic E-state index is 0.110. The summed E-state index contributed by atoms with van der Waals surface area (Å²) >= 11 is 0. The molecule has 1 saturated heterocycles. The Hall–Kier alpha value is -3.15. The number of methoxy groups -OCH3 is 1. The van der Waals surface area contributed by atoms with Gasteiger partial charge in [0, 0.05) is 24.2 Å². The monoisotopic (exact) mass is 352 g/mol. The van der Waals surface area contributed by atoms with E-state index < -0.39 is 12.0 Å². The van der Waals surface area contributed by atoms with Crippen LogP contribution in [0.5, 0.6) is 0 Å². The summed E-state index contributed by atoms with van der Waals surface area (Å²) in [5, 5.41) is 0. The third kappa shape index (κ3) is 3.59. The molecular weight excluding hydrogens is 332 g/mol. The lowest BCUT2D eigenvalue weighted by Gasteiger charge is -2.39. The third-order valence-electron chi connectivity index (χ3n) is 4.44. The van der Waals surface area contributed by atoms with Crippen LogP contribution >= 0.6 is 0 Å². The summed E-state index contributed by atoms with van der Waals surface area (Å²) < 4.78 is 4.87. The molecule has 1 heterocycles. The van der Waals surface area contributed by atoms with E-state index in [1.54, 1.807) is 53.4 Å². The molecule has 2 aromatic carbocycles. The first-order valence-corrected chi connectivity index (χ1v) is 8.40. The molecule has 3 rings (SSSR count). The van der Waals surface area contributed by atoms with Crippen LogP contribution in [-0.4, -0.2) is 60.4 Å². The van der Waals surface area contributed by atoms with Gasteiger partial charge in [-0.1, -0.05) is 36.4 Å². The molecule has 1 fully saturated rings. The number of hydrogen-bond acceptors (Lipinski definition) is 4. The van der Waals surface area contributed by atoms with Crippen molar-refractivity contribution in [2.45, 2.75) is 6.04 Å². The Kier molecular flexibility index (Phi) is 5.31. The smallest absolute Gasteiger partial charge is 0.330 e. The highest BCUT2D eigenvalue weighted by Crippen LogP contribution is 2.17. The van der Waals surface area contributed by atoms with Gasteiger partial charge in [-0.05, 0) is 24.3 Å². The van der Waals surface area contributed by atoms with Crippen molar-refractivity contribution in [2.24, 2.45) is 0 Å². The van der Waals surface area contributed by atoms with Gasteiger partial charge < -0.3 is 14.5 Å². The van der Waals surface area contributed by atoms with Crippen LogP contribution in [0.15, 0.2) is 60.7 Å². The molecular formula is C20H20N2O4. The summed E-state index contributed by atoms with van der Waals surface area (Å²) in [4.78, 5) is 40.8. The van der Waals surface area contributed by atoms with Crippen molar-refractivity contribution < 1.29 is 19.1 Å². The van der Waals surface area contributed by atoms with Crippen molar-refractivity contribution in [3.63, 3.8) is 0 Å². The number of hydrogen-bond donors (Lipinski definition) is 0. The number of carbonyl (C=O) groups is 3. The fourth-order valence-corrected chi connectivity index (χ4v) is 3.06. The van der Waals surface area contributed by atoms with Crippen LogP contribution < -0.4 is 0 Å². The molecule has 0 radical (unpaired) electrons. The quantitative estimate of drug-likeness (QED) is 0.791. The average molecular weight is 352 g/mol. The van der Waals surface area contributed by atoms with Crippen LogP contribution in [0.1, 0.15) is 20.7 Å². The summed E-state index contributed by atoms with van der Waals surface area (Å²) in [5.74, 6) is -0.932. The second-order valence-corrected chi connectivity index (χ2v) is 6.02. The highest BCUT2D eigenvalue weighted by Gasteiger charge is 2.38. The Morgan fingerprint density at radius 2 is 1.38 bits per heavy atom. The van der Waals surface area contributed by atoms with Crippen LogP contribution in [-0.2, 0) is 9.53 Å². The van der Waals surface area contributed by atoms with Crippen LogP contribution in [0, 0.1) is 0 Å². The number of piperazine rings is 1. The van der Waals surface area contributed by atoms with Gasteiger partial charge in [0.2, 0.25) is 0 Å². The van der Waals surface area contributed by atoms with E-state index in [9.17, 15) is 14.4 Å². The van der Waals surface area contributed by atoms with E-state index >= 15 is 0 Å². The molecule has 0 N–H and O–H groups in total. The maximum Gasteiger partial charge on any atom is 0.330 e. The van der Waals surface area contributed by atoms with Gasteiger partial charge in [0.05, 0.1) is 13.7 Å². The number of rotatable bonds is 3. The molecule has 6 nitrogen and oxygen atoms in total. The number of carbonyl (C=O) groups excluding carboxylic acids is 3. The van der Waals surface area contributed by atoms with Crippen LogP contribution in [0.25, 0.3) is 0 Å².